The molecular formula is C9H17O6P. The maximum Gasteiger partial charge on any atom is 0.472 e. The van der Waals surface area contributed by atoms with Gasteiger partial charge in [0.2, 0.25) is 0 Å². The van der Waals surface area contributed by atoms with Crippen LogP contribution in [0.5, 0.6) is 0 Å². The zero-order chi connectivity index (χ0) is 11.6. The summed E-state index contributed by atoms with van der Waals surface area (Å²) < 4.78 is 31.4. The molecule has 2 heterocycles. The van der Waals surface area contributed by atoms with E-state index in [1.807, 2.05) is 6.92 Å². The SMILES string of the molecule is CCCC(OP(=O)(O)OCC1CO1)C1CO1. The van der Waals surface area contributed by atoms with Crippen molar-refractivity contribution in [2.45, 2.75) is 38.1 Å². The first-order chi connectivity index (χ1) is 7.61. The maximum absolute atomic E-state index is 11.6. The molecule has 2 fully saturated rings. The molecule has 0 spiro atoms. The molecular weight excluding hydrogens is 235 g/mol. The Morgan fingerprint density at radius 3 is 2.69 bits per heavy atom. The van der Waals surface area contributed by atoms with Crippen molar-refractivity contribution < 1.29 is 28.0 Å². The summed E-state index contributed by atoms with van der Waals surface area (Å²) in [5.74, 6) is 0. The van der Waals surface area contributed by atoms with Gasteiger partial charge in [-0.1, -0.05) is 13.3 Å². The van der Waals surface area contributed by atoms with Crippen LogP contribution in [0.4, 0.5) is 0 Å². The number of phosphoric ester groups is 1. The van der Waals surface area contributed by atoms with Gasteiger partial charge in [0.25, 0.3) is 0 Å². The summed E-state index contributed by atoms with van der Waals surface area (Å²) in [6.07, 6.45) is 1.11. The van der Waals surface area contributed by atoms with Crippen LogP contribution < -0.4 is 0 Å². The van der Waals surface area contributed by atoms with E-state index in [0.29, 0.717) is 19.6 Å². The normalized spacial score (nSPS) is 33.1. The number of ether oxygens (including phenoxy) is 2. The highest BCUT2D eigenvalue weighted by Gasteiger charge is 2.39. The van der Waals surface area contributed by atoms with Gasteiger partial charge in [-0.2, -0.15) is 0 Å². The van der Waals surface area contributed by atoms with Gasteiger partial charge in [-0.05, 0) is 6.42 Å². The van der Waals surface area contributed by atoms with Gasteiger partial charge < -0.3 is 14.4 Å². The monoisotopic (exact) mass is 252 g/mol. The zero-order valence-electron chi connectivity index (χ0n) is 9.20. The topological polar surface area (TPSA) is 80.8 Å². The molecule has 2 rings (SSSR count). The third kappa shape index (κ3) is 4.13. The molecule has 16 heavy (non-hydrogen) atoms. The average Bonchev–Trinajstić information content (AvgIpc) is 3.06. The van der Waals surface area contributed by atoms with Crippen molar-refractivity contribution in [1.29, 1.82) is 0 Å². The number of phosphoric acid groups is 1. The lowest BCUT2D eigenvalue weighted by Crippen LogP contribution is -2.19. The van der Waals surface area contributed by atoms with Gasteiger partial charge in [0.1, 0.15) is 12.2 Å². The number of epoxide rings is 2. The average molecular weight is 252 g/mol. The standard InChI is InChI=1S/C9H17O6P/c1-2-3-8(9-6-13-9)15-16(10,11)14-5-7-4-12-7/h7-9H,2-6H2,1H3,(H,10,11). The molecule has 0 aromatic heterocycles. The fraction of sp³-hybridized carbons (Fsp3) is 1.00. The molecule has 0 bridgehead atoms. The first-order valence-electron chi connectivity index (χ1n) is 5.49. The first kappa shape index (κ1) is 12.5. The summed E-state index contributed by atoms with van der Waals surface area (Å²) in [6, 6.07) is 0. The molecule has 0 aromatic rings. The Labute approximate surface area is 94.4 Å². The Balaban J connectivity index is 1.76. The Bertz CT molecular complexity index is 275. The van der Waals surface area contributed by atoms with Gasteiger partial charge in [-0.15, -0.1) is 0 Å². The van der Waals surface area contributed by atoms with E-state index in [2.05, 4.69) is 0 Å². The summed E-state index contributed by atoms with van der Waals surface area (Å²) in [5, 5.41) is 0. The van der Waals surface area contributed by atoms with Crippen LogP contribution in [0.3, 0.4) is 0 Å². The number of hydrogen-bond donors (Lipinski definition) is 1. The molecule has 7 heteroatoms. The smallest absolute Gasteiger partial charge is 0.371 e. The number of hydrogen-bond acceptors (Lipinski definition) is 5. The fourth-order valence-electron chi connectivity index (χ4n) is 1.40. The summed E-state index contributed by atoms with van der Waals surface area (Å²) >= 11 is 0. The van der Waals surface area contributed by atoms with Crippen LogP contribution in [-0.4, -0.2) is 43.0 Å². The molecule has 6 nitrogen and oxygen atoms in total. The van der Waals surface area contributed by atoms with E-state index in [9.17, 15) is 9.46 Å². The predicted molar refractivity (Wildman–Crippen MR) is 55.0 cm³/mol. The molecule has 0 aliphatic carbocycles. The molecule has 2 aliphatic rings. The van der Waals surface area contributed by atoms with Crippen LogP contribution >= 0.6 is 7.82 Å². The molecule has 0 radical (unpaired) electrons. The van der Waals surface area contributed by atoms with E-state index in [-0.39, 0.29) is 24.9 Å². The maximum atomic E-state index is 11.6. The summed E-state index contributed by atoms with van der Waals surface area (Å²) in [4.78, 5) is 9.46. The predicted octanol–water partition coefficient (Wildman–Crippen LogP) is 1.09. The van der Waals surface area contributed by atoms with Gasteiger partial charge in [0.15, 0.2) is 0 Å². The first-order valence-corrected chi connectivity index (χ1v) is 6.99. The van der Waals surface area contributed by atoms with E-state index in [1.54, 1.807) is 0 Å². The van der Waals surface area contributed by atoms with E-state index >= 15 is 0 Å². The molecule has 0 saturated carbocycles. The van der Waals surface area contributed by atoms with E-state index < -0.39 is 7.82 Å². The van der Waals surface area contributed by atoms with Crippen molar-refractivity contribution in [2.24, 2.45) is 0 Å². The molecule has 2 aliphatic heterocycles. The van der Waals surface area contributed by atoms with Gasteiger partial charge in [-0.25, -0.2) is 4.57 Å². The Hall–Kier alpha value is 0.0300. The fourth-order valence-corrected chi connectivity index (χ4v) is 2.40. The van der Waals surface area contributed by atoms with Crippen molar-refractivity contribution >= 4 is 7.82 Å². The molecule has 1 N–H and O–H groups in total. The van der Waals surface area contributed by atoms with Crippen molar-refractivity contribution in [3.8, 4) is 0 Å². The van der Waals surface area contributed by atoms with Gasteiger partial charge >= 0.3 is 7.82 Å². The molecule has 94 valence electrons. The van der Waals surface area contributed by atoms with Gasteiger partial charge in [0, 0.05) is 0 Å². The quantitative estimate of drug-likeness (QED) is 0.514. The molecule has 0 amide bonds. The zero-order valence-corrected chi connectivity index (χ0v) is 10.1. The van der Waals surface area contributed by atoms with Crippen molar-refractivity contribution in [1.82, 2.24) is 0 Å². The Morgan fingerprint density at radius 1 is 1.50 bits per heavy atom. The Morgan fingerprint density at radius 2 is 2.19 bits per heavy atom. The molecule has 4 unspecified atom stereocenters. The summed E-state index contributed by atoms with van der Waals surface area (Å²) in [6.45, 7) is 3.28. The molecule has 0 aromatic carbocycles. The highest BCUT2D eigenvalue weighted by molar-refractivity contribution is 7.47. The van der Waals surface area contributed by atoms with Crippen molar-refractivity contribution in [2.75, 3.05) is 19.8 Å². The van der Waals surface area contributed by atoms with Crippen LogP contribution in [0.15, 0.2) is 0 Å². The van der Waals surface area contributed by atoms with E-state index in [1.165, 1.54) is 0 Å². The molecule has 4 atom stereocenters. The van der Waals surface area contributed by atoms with Gasteiger partial charge in [-0.3, -0.25) is 9.05 Å². The van der Waals surface area contributed by atoms with Crippen LogP contribution in [0.2, 0.25) is 0 Å². The highest BCUT2D eigenvalue weighted by atomic mass is 31.2. The van der Waals surface area contributed by atoms with E-state index in [0.717, 1.165) is 6.42 Å². The second-order valence-electron chi connectivity index (χ2n) is 4.02. The van der Waals surface area contributed by atoms with Crippen LogP contribution in [0.25, 0.3) is 0 Å². The van der Waals surface area contributed by atoms with Crippen LogP contribution in [0.1, 0.15) is 19.8 Å². The third-order valence-electron chi connectivity index (χ3n) is 2.44. The minimum atomic E-state index is -3.97. The third-order valence-corrected chi connectivity index (χ3v) is 3.45. The Kier molecular flexibility index (Phi) is 4.00. The largest absolute Gasteiger partial charge is 0.472 e. The van der Waals surface area contributed by atoms with E-state index in [4.69, 9.17) is 18.5 Å². The minimum Gasteiger partial charge on any atom is -0.371 e. The van der Waals surface area contributed by atoms with Crippen molar-refractivity contribution in [3.63, 3.8) is 0 Å². The number of rotatable bonds is 8. The highest BCUT2D eigenvalue weighted by Crippen LogP contribution is 2.47. The lowest BCUT2D eigenvalue weighted by Gasteiger charge is -2.18. The van der Waals surface area contributed by atoms with Crippen LogP contribution in [-0.2, 0) is 23.1 Å². The van der Waals surface area contributed by atoms with Crippen molar-refractivity contribution in [3.05, 3.63) is 0 Å². The second-order valence-corrected chi connectivity index (χ2v) is 5.43. The summed E-state index contributed by atoms with van der Waals surface area (Å²) in [7, 11) is -3.97. The van der Waals surface area contributed by atoms with Crippen LogP contribution in [0, 0.1) is 0 Å². The lowest BCUT2D eigenvalue weighted by atomic mass is 10.2. The summed E-state index contributed by atoms with van der Waals surface area (Å²) in [5.41, 5.74) is 0. The lowest BCUT2D eigenvalue weighted by molar-refractivity contribution is 0.0773. The van der Waals surface area contributed by atoms with Gasteiger partial charge in [0.05, 0.1) is 25.9 Å². The second kappa shape index (κ2) is 5.12. The minimum absolute atomic E-state index is 0.0501. The molecule has 2 saturated heterocycles.